The molecule has 0 spiro atoms. The number of amides is 1. The monoisotopic (exact) mass is 486 g/mol. The minimum Gasteiger partial charge on any atom is -0.385 e. The van der Waals surface area contributed by atoms with Gasteiger partial charge in [-0.3, -0.25) is 15.5 Å². The third-order valence-corrected chi connectivity index (χ3v) is 6.85. The molecule has 0 unspecified atom stereocenters. The lowest BCUT2D eigenvalue weighted by molar-refractivity contribution is -0.110. The first kappa shape index (κ1) is 25.1. The summed E-state index contributed by atoms with van der Waals surface area (Å²) in [6, 6.07) is 11.3. The Morgan fingerprint density at radius 3 is 2.58 bits per heavy atom. The molecule has 0 saturated carbocycles. The first-order chi connectivity index (χ1) is 15.9. The fourth-order valence-electron chi connectivity index (χ4n) is 2.94. The van der Waals surface area contributed by atoms with Gasteiger partial charge in [-0.15, -0.1) is 11.8 Å². The van der Waals surface area contributed by atoms with Gasteiger partial charge in [0.2, 0.25) is 0 Å². The number of rotatable bonds is 12. The number of nitrogens with one attached hydrogen (secondary N) is 2. The van der Waals surface area contributed by atoms with Crippen LogP contribution < -0.4 is 10.2 Å². The Labute approximate surface area is 202 Å². The van der Waals surface area contributed by atoms with Crippen molar-refractivity contribution >= 4 is 56.0 Å². The summed E-state index contributed by atoms with van der Waals surface area (Å²) in [5.74, 6) is 1.33. The number of ether oxygens (including phenoxy) is 1. The number of pyridine rings is 1. The number of thiazole rings is 1. The number of methoxy groups -OCH3 is 1. The summed E-state index contributed by atoms with van der Waals surface area (Å²) in [6.07, 6.45) is 0.978. The Morgan fingerprint density at radius 1 is 1.12 bits per heavy atom. The van der Waals surface area contributed by atoms with E-state index in [0.717, 1.165) is 52.9 Å². The van der Waals surface area contributed by atoms with Gasteiger partial charge in [0.1, 0.15) is 21.9 Å². The van der Waals surface area contributed by atoms with Crippen molar-refractivity contribution in [2.24, 2.45) is 0 Å². The molecular formula is C23H30N6O2S2. The largest absolute Gasteiger partial charge is 0.385 e. The summed E-state index contributed by atoms with van der Waals surface area (Å²) < 4.78 is 5.06. The number of nitrogens with zero attached hydrogens (tertiary/aromatic N) is 4. The lowest BCUT2D eigenvalue weighted by Crippen LogP contribution is -2.28. The topological polar surface area (TPSA) is 94.4 Å². The van der Waals surface area contributed by atoms with Crippen molar-refractivity contribution in [1.29, 1.82) is 5.41 Å². The molecular weight excluding hydrogens is 456 g/mol. The van der Waals surface area contributed by atoms with Crippen LogP contribution >= 0.6 is 23.1 Å². The first-order valence-corrected chi connectivity index (χ1v) is 12.4. The molecule has 1 amide bonds. The summed E-state index contributed by atoms with van der Waals surface area (Å²) in [5.41, 5.74) is 1.20. The van der Waals surface area contributed by atoms with Gasteiger partial charge < -0.3 is 14.5 Å². The molecule has 8 nitrogen and oxygen atoms in total. The number of carbonyl (C=O) groups excluding carboxylic acids is 1. The molecule has 0 atom stereocenters. The van der Waals surface area contributed by atoms with Gasteiger partial charge in [0.15, 0.2) is 5.13 Å². The maximum absolute atomic E-state index is 12.6. The van der Waals surface area contributed by atoms with E-state index < -0.39 is 5.91 Å². The van der Waals surface area contributed by atoms with Gasteiger partial charge in [-0.25, -0.2) is 9.97 Å². The van der Waals surface area contributed by atoms with Crippen LogP contribution in [0.4, 0.5) is 10.9 Å². The summed E-state index contributed by atoms with van der Waals surface area (Å²) >= 11 is 3.04. The van der Waals surface area contributed by atoms with Crippen molar-refractivity contribution in [3.8, 4) is 0 Å². The van der Waals surface area contributed by atoms with Gasteiger partial charge in [-0.1, -0.05) is 23.5 Å². The fourth-order valence-corrected chi connectivity index (χ4v) is 4.59. The highest BCUT2D eigenvalue weighted by molar-refractivity contribution is 7.99. The summed E-state index contributed by atoms with van der Waals surface area (Å²) in [6.45, 7) is 2.52. The van der Waals surface area contributed by atoms with Crippen molar-refractivity contribution in [3.63, 3.8) is 0 Å². The smallest absolute Gasteiger partial charge is 0.275 e. The van der Waals surface area contributed by atoms with Gasteiger partial charge in [-0.05, 0) is 44.8 Å². The molecule has 0 fully saturated rings. The minimum absolute atomic E-state index is 0.0951. The molecule has 10 heteroatoms. The molecule has 0 saturated heterocycles. The third kappa shape index (κ3) is 7.23. The van der Waals surface area contributed by atoms with Crippen molar-refractivity contribution in [2.45, 2.75) is 11.3 Å². The van der Waals surface area contributed by atoms with Gasteiger partial charge in [-0.2, -0.15) is 0 Å². The fraction of sp³-hybridized carbons (Fsp3) is 0.391. The van der Waals surface area contributed by atoms with E-state index in [0.29, 0.717) is 10.7 Å². The molecule has 3 rings (SSSR count). The van der Waals surface area contributed by atoms with E-state index in [9.17, 15) is 4.79 Å². The Kier molecular flexibility index (Phi) is 9.19. The molecule has 0 aliphatic heterocycles. The normalized spacial score (nSPS) is 11.2. The summed E-state index contributed by atoms with van der Waals surface area (Å²) in [5, 5.41) is 11.5. The number of benzene rings is 1. The Morgan fingerprint density at radius 2 is 1.88 bits per heavy atom. The van der Waals surface area contributed by atoms with Crippen molar-refractivity contribution in [3.05, 3.63) is 42.0 Å². The van der Waals surface area contributed by atoms with E-state index >= 15 is 0 Å². The van der Waals surface area contributed by atoms with E-state index in [1.165, 1.54) is 11.3 Å². The number of hydrogen-bond acceptors (Lipinski definition) is 9. The summed E-state index contributed by atoms with van der Waals surface area (Å²) in [4.78, 5) is 27.8. The van der Waals surface area contributed by atoms with Crippen LogP contribution in [0.3, 0.4) is 0 Å². The lowest BCUT2D eigenvalue weighted by Gasteiger charge is -2.20. The second-order valence-corrected chi connectivity index (χ2v) is 9.93. The maximum atomic E-state index is 12.6. The average Bonchev–Trinajstić information content (AvgIpc) is 3.21. The molecule has 0 aliphatic rings. The van der Waals surface area contributed by atoms with E-state index in [1.807, 2.05) is 45.4 Å². The van der Waals surface area contributed by atoms with Gasteiger partial charge in [0.05, 0.1) is 0 Å². The van der Waals surface area contributed by atoms with Gasteiger partial charge >= 0.3 is 0 Å². The average molecular weight is 487 g/mol. The first-order valence-electron chi connectivity index (χ1n) is 10.6. The minimum atomic E-state index is -0.488. The summed E-state index contributed by atoms with van der Waals surface area (Å²) in [7, 11) is 7.78. The highest BCUT2D eigenvalue weighted by Gasteiger charge is 2.16. The van der Waals surface area contributed by atoms with Crippen molar-refractivity contribution in [1.82, 2.24) is 14.9 Å². The molecule has 0 aliphatic carbocycles. The van der Waals surface area contributed by atoms with Gasteiger partial charge in [0, 0.05) is 50.1 Å². The predicted octanol–water partition coefficient (Wildman–Crippen LogP) is 3.82. The zero-order chi connectivity index (χ0) is 23.8. The van der Waals surface area contributed by atoms with Crippen LogP contribution in [0.25, 0.3) is 10.3 Å². The molecule has 0 bridgehead atoms. The van der Waals surface area contributed by atoms with Crippen LogP contribution in [-0.2, 0) is 9.53 Å². The molecule has 3 aromatic rings. The molecule has 1 aromatic carbocycles. The Hall–Kier alpha value is -2.53. The van der Waals surface area contributed by atoms with Gasteiger partial charge in [0.25, 0.3) is 5.91 Å². The molecule has 176 valence electrons. The number of hydrogen-bond donors (Lipinski definition) is 2. The second-order valence-electron chi connectivity index (χ2n) is 7.79. The van der Waals surface area contributed by atoms with Crippen molar-refractivity contribution < 1.29 is 9.53 Å². The van der Waals surface area contributed by atoms with Crippen LogP contribution in [0.15, 0.2) is 41.3 Å². The quantitative estimate of drug-likeness (QED) is 0.228. The third-order valence-electron chi connectivity index (χ3n) is 4.87. The van der Waals surface area contributed by atoms with Crippen molar-refractivity contribution in [2.75, 3.05) is 63.9 Å². The number of thioether (sulfide) groups is 1. The number of fused-ring (bicyclic) bond motifs is 1. The van der Waals surface area contributed by atoms with E-state index in [-0.39, 0.29) is 5.71 Å². The van der Waals surface area contributed by atoms with Crippen LogP contribution in [0.1, 0.15) is 12.0 Å². The second kappa shape index (κ2) is 12.1. The standard InChI is InChI=1S/C23H30N6O2S2/c1-28(2)12-13-29(3)19-11-10-18-22(26-19)33-23(25-18)27-21(30)20(24)16-6-8-17(9-7-16)32-15-5-14-31-4/h6-11,24H,5,12-15H2,1-4H3,(H,25,27,30). The maximum Gasteiger partial charge on any atom is 0.275 e. The number of anilines is 2. The van der Waals surface area contributed by atoms with E-state index in [1.54, 1.807) is 31.0 Å². The Bertz CT molecular complexity index is 1080. The van der Waals surface area contributed by atoms with E-state index in [4.69, 9.17) is 10.1 Å². The molecule has 0 radical (unpaired) electrons. The zero-order valence-electron chi connectivity index (χ0n) is 19.4. The van der Waals surface area contributed by atoms with Crippen LogP contribution in [-0.4, -0.2) is 80.2 Å². The SMILES string of the molecule is COCCCSc1ccc(C(=N)C(=O)Nc2nc3ccc(N(C)CCN(C)C)nc3s2)cc1. The highest BCUT2D eigenvalue weighted by atomic mass is 32.2. The lowest BCUT2D eigenvalue weighted by atomic mass is 10.1. The number of aromatic nitrogens is 2. The molecule has 33 heavy (non-hydrogen) atoms. The van der Waals surface area contributed by atoms with Crippen LogP contribution in [0, 0.1) is 5.41 Å². The Balaban J connectivity index is 1.61. The van der Waals surface area contributed by atoms with E-state index in [2.05, 4.69) is 25.1 Å². The zero-order valence-corrected chi connectivity index (χ0v) is 21.1. The molecule has 2 aromatic heterocycles. The molecule has 2 N–H and O–H groups in total. The number of likely N-dealkylation sites (N-methyl/N-ethyl adjacent to an activating group) is 2. The predicted molar refractivity (Wildman–Crippen MR) is 138 cm³/mol. The number of carbonyl (C=O) groups is 1. The highest BCUT2D eigenvalue weighted by Crippen LogP contribution is 2.27. The van der Waals surface area contributed by atoms with Crippen LogP contribution in [0.5, 0.6) is 0 Å². The molecule has 2 heterocycles. The van der Waals surface area contributed by atoms with Crippen LogP contribution in [0.2, 0.25) is 0 Å².